The molecule has 2 heteroatoms. The number of hydrogen-bond donors (Lipinski definition) is 2. The highest BCUT2D eigenvalue weighted by atomic mass is 16.3. The number of aliphatic hydroxyl groups excluding tert-OH is 1. The average Bonchev–Trinajstić information content (AvgIpc) is 1.27. The van der Waals surface area contributed by atoms with Gasteiger partial charge in [-0.1, -0.05) is 0 Å². The molecule has 44 valence electrons. The predicted molar refractivity (Wildman–Crippen MR) is 29.9 cm³/mol. The molecule has 0 amide bonds. The number of rotatable bonds is 2. The molecule has 0 bridgehead atoms. The molecule has 2 atom stereocenters. The van der Waals surface area contributed by atoms with Gasteiger partial charge in [0.2, 0.25) is 0 Å². The lowest BCUT2D eigenvalue weighted by molar-refractivity contribution is 0.177. The Balaban J connectivity index is 2.95. The van der Waals surface area contributed by atoms with Gasteiger partial charge in [-0.3, -0.25) is 0 Å². The van der Waals surface area contributed by atoms with Crippen molar-refractivity contribution in [2.24, 2.45) is 5.73 Å². The third kappa shape index (κ3) is 5.92. The molecular weight excluding hydrogens is 90.1 g/mol. The molecule has 2 nitrogen and oxygen atoms in total. The van der Waals surface area contributed by atoms with E-state index in [2.05, 4.69) is 0 Å². The van der Waals surface area contributed by atoms with E-state index in [0.717, 1.165) is 0 Å². The van der Waals surface area contributed by atoms with Gasteiger partial charge in [-0.05, 0) is 20.3 Å². The minimum atomic E-state index is -0.250. The van der Waals surface area contributed by atoms with Crippen molar-refractivity contribution in [1.29, 1.82) is 0 Å². The highest BCUT2D eigenvalue weighted by molar-refractivity contribution is 4.56. The third-order valence-corrected chi connectivity index (χ3v) is 0.713. The van der Waals surface area contributed by atoms with Gasteiger partial charge in [0.25, 0.3) is 0 Å². The lowest BCUT2D eigenvalue weighted by Crippen LogP contribution is -2.20. The van der Waals surface area contributed by atoms with Gasteiger partial charge in [-0.15, -0.1) is 0 Å². The molecule has 0 aliphatic heterocycles. The van der Waals surface area contributed by atoms with Crippen LogP contribution in [0.2, 0.25) is 0 Å². The summed E-state index contributed by atoms with van der Waals surface area (Å²) >= 11 is 0. The molecule has 1 unspecified atom stereocenters. The zero-order valence-electron chi connectivity index (χ0n) is 4.89. The maximum absolute atomic E-state index is 8.64. The van der Waals surface area contributed by atoms with Crippen molar-refractivity contribution in [3.05, 3.63) is 0 Å². The van der Waals surface area contributed by atoms with Crippen LogP contribution in [0.15, 0.2) is 0 Å². The molecule has 0 fully saturated rings. The minimum absolute atomic E-state index is 0.125. The van der Waals surface area contributed by atoms with Crippen LogP contribution < -0.4 is 5.73 Å². The molecule has 0 spiro atoms. The monoisotopic (exact) mass is 103 g/mol. The largest absolute Gasteiger partial charge is 0.393 e. The van der Waals surface area contributed by atoms with Crippen molar-refractivity contribution >= 4 is 0 Å². The fraction of sp³-hybridized carbons (Fsp3) is 1.00. The van der Waals surface area contributed by atoms with E-state index in [0.29, 0.717) is 6.42 Å². The molecule has 0 radical (unpaired) electrons. The normalized spacial score (nSPS) is 18.9. The Kier molecular flexibility index (Phi) is 2.96. The molecule has 0 heterocycles. The summed E-state index contributed by atoms with van der Waals surface area (Å²) in [5.74, 6) is 0. The van der Waals surface area contributed by atoms with Crippen molar-refractivity contribution in [2.75, 3.05) is 0 Å². The first kappa shape index (κ1) is 6.92. The van der Waals surface area contributed by atoms with Crippen LogP contribution in [0.4, 0.5) is 0 Å². The van der Waals surface area contributed by atoms with Crippen LogP contribution in [0, 0.1) is 0 Å². The molecule has 0 aromatic carbocycles. The second-order valence-corrected chi connectivity index (χ2v) is 2.06. The summed E-state index contributed by atoms with van der Waals surface area (Å²) in [6.45, 7) is 3.62. The maximum atomic E-state index is 8.64. The van der Waals surface area contributed by atoms with E-state index >= 15 is 0 Å². The topological polar surface area (TPSA) is 46.2 Å². The Bertz CT molecular complexity index is 37.3. The lowest BCUT2D eigenvalue weighted by atomic mass is 10.2. The van der Waals surface area contributed by atoms with Crippen molar-refractivity contribution in [1.82, 2.24) is 0 Å². The van der Waals surface area contributed by atoms with Gasteiger partial charge in [-0.2, -0.15) is 0 Å². The second-order valence-electron chi connectivity index (χ2n) is 2.06. The molecule has 0 aromatic rings. The first-order chi connectivity index (χ1) is 3.13. The van der Waals surface area contributed by atoms with Gasteiger partial charge in [0.1, 0.15) is 0 Å². The molecule has 0 saturated carbocycles. The van der Waals surface area contributed by atoms with Crippen LogP contribution in [-0.2, 0) is 0 Å². The van der Waals surface area contributed by atoms with Crippen molar-refractivity contribution in [3.63, 3.8) is 0 Å². The number of hydrogen-bond acceptors (Lipinski definition) is 2. The van der Waals surface area contributed by atoms with E-state index in [1.807, 2.05) is 6.92 Å². The van der Waals surface area contributed by atoms with Gasteiger partial charge < -0.3 is 10.8 Å². The van der Waals surface area contributed by atoms with Crippen molar-refractivity contribution in [2.45, 2.75) is 32.4 Å². The summed E-state index contributed by atoms with van der Waals surface area (Å²) in [6, 6.07) is 0.125. The van der Waals surface area contributed by atoms with Crippen LogP contribution in [0.5, 0.6) is 0 Å². The fourth-order valence-corrected chi connectivity index (χ4v) is 0.538. The van der Waals surface area contributed by atoms with E-state index < -0.39 is 0 Å². The second kappa shape index (κ2) is 2.99. The van der Waals surface area contributed by atoms with Gasteiger partial charge in [0.15, 0.2) is 0 Å². The van der Waals surface area contributed by atoms with Gasteiger partial charge in [-0.25, -0.2) is 0 Å². The Hall–Kier alpha value is -0.0800. The number of nitrogens with two attached hydrogens (primary N) is 1. The first-order valence-electron chi connectivity index (χ1n) is 2.56. The molecule has 0 aliphatic rings. The van der Waals surface area contributed by atoms with Crippen LogP contribution in [-0.4, -0.2) is 17.3 Å². The standard InChI is InChI=1S/C5H13NO/c1-4(6)3-5(2)7/h4-5,7H,3,6H2,1-2H3/t4-,5?/m0/s1. The highest BCUT2D eigenvalue weighted by Gasteiger charge is 1.97. The van der Waals surface area contributed by atoms with E-state index in [9.17, 15) is 0 Å². The third-order valence-electron chi connectivity index (χ3n) is 0.713. The van der Waals surface area contributed by atoms with Crippen molar-refractivity contribution in [3.8, 4) is 0 Å². The Morgan fingerprint density at radius 1 is 1.57 bits per heavy atom. The SMILES string of the molecule is CC(O)C[C@H](C)N. The summed E-state index contributed by atoms with van der Waals surface area (Å²) in [4.78, 5) is 0. The molecule has 0 saturated heterocycles. The number of aliphatic hydroxyl groups is 1. The molecule has 0 rings (SSSR count). The molecule has 3 N–H and O–H groups in total. The maximum Gasteiger partial charge on any atom is 0.0526 e. The Labute approximate surface area is 44.3 Å². The zero-order chi connectivity index (χ0) is 5.86. The Morgan fingerprint density at radius 3 is 2.00 bits per heavy atom. The summed E-state index contributed by atoms with van der Waals surface area (Å²) < 4.78 is 0. The Morgan fingerprint density at radius 2 is 2.00 bits per heavy atom. The van der Waals surface area contributed by atoms with Crippen molar-refractivity contribution < 1.29 is 5.11 Å². The summed E-state index contributed by atoms with van der Waals surface area (Å²) in [5.41, 5.74) is 5.33. The average molecular weight is 103 g/mol. The van der Waals surface area contributed by atoms with Crippen LogP contribution in [0.1, 0.15) is 20.3 Å². The quantitative estimate of drug-likeness (QED) is 0.521. The van der Waals surface area contributed by atoms with Crippen LogP contribution in [0.25, 0.3) is 0 Å². The van der Waals surface area contributed by atoms with E-state index in [1.54, 1.807) is 6.92 Å². The zero-order valence-corrected chi connectivity index (χ0v) is 4.89. The smallest absolute Gasteiger partial charge is 0.0526 e. The lowest BCUT2D eigenvalue weighted by Gasteiger charge is -2.05. The molecular formula is C5H13NO. The van der Waals surface area contributed by atoms with E-state index in [4.69, 9.17) is 10.8 Å². The van der Waals surface area contributed by atoms with Gasteiger partial charge in [0, 0.05) is 6.04 Å². The van der Waals surface area contributed by atoms with E-state index in [-0.39, 0.29) is 12.1 Å². The summed E-state index contributed by atoms with van der Waals surface area (Å²) in [7, 11) is 0. The van der Waals surface area contributed by atoms with Gasteiger partial charge in [0.05, 0.1) is 6.10 Å². The minimum Gasteiger partial charge on any atom is -0.393 e. The summed E-state index contributed by atoms with van der Waals surface area (Å²) in [6.07, 6.45) is 0.444. The van der Waals surface area contributed by atoms with E-state index in [1.165, 1.54) is 0 Å². The first-order valence-corrected chi connectivity index (χ1v) is 2.56. The van der Waals surface area contributed by atoms with Crippen LogP contribution in [0.3, 0.4) is 0 Å². The highest BCUT2D eigenvalue weighted by Crippen LogP contribution is 1.91. The molecule has 0 aromatic heterocycles. The van der Waals surface area contributed by atoms with Gasteiger partial charge >= 0.3 is 0 Å². The fourth-order valence-electron chi connectivity index (χ4n) is 0.538. The molecule has 7 heavy (non-hydrogen) atoms. The molecule has 0 aliphatic carbocycles. The summed E-state index contributed by atoms with van der Waals surface area (Å²) in [5, 5.41) is 8.64. The predicted octanol–water partition coefficient (Wildman–Crippen LogP) is 0.104. The van der Waals surface area contributed by atoms with Crippen LogP contribution >= 0.6 is 0 Å².